The molecule has 0 spiro atoms. The molecule has 0 bridgehead atoms. The SMILES string of the molecule is Cn1c(CCC(=O)N2CCNC[C@@H]2C(=O)NC2CC2)nc2cccnc21. The second kappa shape index (κ2) is 7.03. The van der Waals surface area contributed by atoms with E-state index in [1.807, 2.05) is 23.7 Å². The molecule has 1 aliphatic carbocycles. The number of carbonyl (C=O) groups is 2. The number of fused-ring (bicyclic) bond motifs is 1. The van der Waals surface area contributed by atoms with Gasteiger partial charge in [0.05, 0.1) is 0 Å². The minimum absolute atomic E-state index is 0.00228. The molecule has 1 saturated heterocycles. The maximum Gasteiger partial charge on any atom is 0.244 e. The average Bonchev–Trinajstić information content (AvgIpc) is 3.42. The van der Waals surface area contributed by atoms with Crippen LogP contribution < -0.4 is 10.6 Å². The van der Waals surface area contributed by atoms with Crippen LogP contribution in [0.25, 0.3) is 11.2 Å². The van der Waals surface area contributed by atoms with Crippen LogP contribution in [-0.2, 0) is 23.1 Å². The molecule has 2 aromatic rings. The number of carbonyl (C=O) groups excluding carboxylic acids is 2. The van der Waals surface area contributed by atoms with Crippen molar-refractivity contribution in [3.63, 3.8) is 0 Å². The van der Waals surface area contributed by atoms with Crippen LogP contribution in [0.4, 0.5) is 0 Å². The largest absolute Gasteiger partial charge is 0.352 e. The van der Waals surface area contributed by atoms with Gasteiger partial charge in [-0.25, -0.2) is 9.97 Å². The number of pyridine rings is 1. The van der Waals surface area contributed by atoms with Crippen LogP contribution in [0.15, 0.2) is 18.3 Å². The number of hydrogen-bond acceptors (Lipinski definition) is 5. The van der Waals surface area contributed by atoms with Gasteiger partial charge < -0.3 is 20.1 Å². The minimum atomic E-state index is -0.418. The standard InChI is InChI=1S/C18H24N6O2/c1-23-15(22-13-3-2-8-20-17(13)23)6-7-16(25)24-10-9-19-11-14(24)18(26)21-12-4-5-12/h2-3,8,12,14,19H,4-7,9-11H2,1H3,(H,21,26)/t14-/m1/s1. The number of piperazine rings is 1. The third kappa shape index (κ3) is 3.41. The molecule has 138 valence electrons. The lowest BCUT2D eigenvalue weighted by Gasteiger charge is -2.35. The fraction of sp³-hybridized carbons (Fsp3) is 0.556. The zero-order valence-corrected chi connectivity index (χ0v) is 14.9. The summed E-state index contributed by atoms with van der Waals surface area (Å²) < 4.78 is 1.93. The molecule has 0 unspecified atom stereocenters. The molecule has 8 heteroatoms. The zero-order valence-electron chi connectivity index (χ0n) is 14.9. The van der Waals surface area contributed by atoms with Gasteiger partial charge >= 0.3 is 0 Å². The lowest BCUT2D eigenvalue weighted by molar-refractivity contribution is -0.141. The van der Waals surface area contributed by atoms with Crippen molar-refractivity contribution < 1.29 is 9.59 Å². The third-order valence-corrected chi connectivity index (χ3v) is 5.07. The normalized spacial score (nSPS) is 20.3. The summed E-state index contributed by atoms with van der Waals surface area (Å²) in [6.07, 6.45) is 4.70. The predicted octanol–water partition coefficient (Wildman–Crippen LogP) is -0.0201. The Morgan fingerprint density at radius 1 is 1.38 bits per heavy atom. The van der Waals surface area contributed by atoms with Gasteiger partial charge in [0.2, 0.25) is 11.8 Å². The van der Waals surface area contributed by atoms with Crippen molar-refractivity contribution >= 4 is 23.0 Å². The topological polar surface area (TPSA) is 92.2 Å². The fourth-order valence-corrected chi connectivity index (χ4v) is 3.42. The molecular weight excluding hydrogens is 332 g/mol. The fourth-order valence-electron chi connectivity index (χ4n) is 3.42. The van der Waals surface area contributed by atoms with Crippen molar-refractivity contribution in [2.24, 2.45) is 7.05 Å². The van der Waals surface area contributed by atoms with Crippen LogP contribution in [0.3, 0.4) is 0 Å². The Hall–Kier alpha value is -2.48. The van der Waals surface area contributed by atoms with Gasteiger partial charge in [0.1, 0.15) is 17.4 Å². The van der Waals surface area contributed by atoms with Gasteiger partial charge in [-0.1, -0.05) is 0 Å². The van der Waals surface area contributed by atoms with Crippen molar-refractivity contribution in [2.75, 3.05) is 19.6 Å². The van der Waals surface area contributed by atoms with Gasteiger partial charge in [0.25, 0.3) is 0 Å². The Morgan fingerprint density at radius 3 is 3.00 bits per heavy atom. The molecule has 1 atom stereocenters. The molecule has 8 nitrogen and oxygen atoms in total. The molecule has 0 aromatic carbocycles. The van der Waals surface area contributed by atoms with E-state index in [2.05, 4.69) is 20.6 Å². The Morgan fingerprint density at radius 2 is 2.23 bits per heavy atom. The van der Waals surface area contributed by atoms with Crippen molar-refractivity contribution in [1.29, 1.82) is 0 Å². The lowest BCUT2D eigenvalue weighted by atomic mass is 10.1. The first-order chi connectivity index (χ1) is 12.6. The van der Waals surface area contributed by atoms with Gasteiger partial charge in [-0.15, -0.1) is 0 Å². The van der Waals surface area contributed by atoms with Crippen molar-refractivity contribution in [1.82, 2.24) is 30.1 Å². The molecule has 2 fully saturated rings. The Balaban J connectivity index is 1.42. The summed E-state index contributed by atoms with van der Waals surface area (Å²) in [6, 6.07) is 3.66. The number of nitrogens with zero attached hydrogens (tertiary/aromatic N) is 4. The Kier molecular flexibility index (Phi) is 4.58. The zero-order chi connectivity index (χ0) is 18.1. The highest BCUT2D eigenvalue weighted by Crippen LogP contribution is 2.20. The number of nitrogens with one attached hydrogen (secondary N) is 2. The molecule has 0 radical (unpaired) electrons. The molecule has 2 amide bonds. The van der Waals surface area contributed by atoms with Crippen LogP contribution in [0.1, 0.15) is 25.1 Å². The molecule has 2 N–H and O–H groups in total. The predicted molar refractivity (Wildman–Crippen MR) is 96.4 cm³/mol. The highest BCUT2D eigenvalue weighted by Gasteiger charge is 2.34. The number of aryl methyl sites for hydroxylation is 2. The number of imidazole rings is 1. The third-order valence-electron chi connectivity index (χ3n) is 5.07. The number of aromatic nitrogens is 3. The average molecular weight is 356 g/mol. The van der Waals surface area contributed by atoms with Gasteiger partial charge in [-0.05, 0) is 25.0 Å². The lowest BCUT2D eigenvalue weighted by Crippen LogP contribution is -2.59. The van der Waals surface area contributed by atoms with E-state index in [1.165, 1.54) is 0 Å². The molecule has 1 aliphatic heterocycles. The number of amides is 2. The molecule has 2 aliphatic rings. The monoisotopic (exact) mass is 356 g/mol. The highest BCUT2D eigenvalue weighted by molar-refractivity contribution is 5.88. The summed E-state index contributed by atoms with van der Waals surface area (Å²) in [6.45, 7) is 1.79. The molecule has 3 heterocycles. The van der Waals surface area contributed by atoms with E-state index >= 15 is 0 Å². The maximum absolute atomic E-state index is 12.8. The summed E-state index contributed by atoms with van der Waals surface area (Å²) in [7, 11) is 1.92. The van der Waals surface area contributed by atoms with Gasteiger partial charge in [-0.3, -0.25) is 9.59 Å². The summed E-state index contributed by atoms with van der Waals surface area (Å²) in [5, 5.41) is 6.23. The van der Waals surface area contributed by atoms with E-state index < -0.39 is 6.04 Å². The highest BCUT2D eigenvalue weighted by atomic mass is 16.2. The molecule has 1 saturated carbocycles. The molecule has 26 heavy (non-hydrogen) atoms. The first-order valence-corrected chi connectivity index (χ1v) is 9.20. The molecule has 4 rings (SSSR count). The smallest absolute Gasteiger partial charge is 0.244 e. The maximum atomic E-state index is 12.8. The number of rotatable bonds is 5. The minimum Gasteiger partial charge on any atom is -0.352 e. The van der Waals surface area contributed by atoms with E-state index in [0.29, 0.717) is 32.0 Å². The number of hydrogen-bond donors (Lipinski definition) is 2. The second-order valence-corrected chi connectivity index (χ2v) is 7.02. The Bertz CT molecular complexity index is 828. The first-order valence-electron chi connectivity index (χ1n) is 9.20. The van der Waals surface area contributed by atoms with Crippen molar-refractivity contribution in [3.8, 4) is 0 Å². The van der Waals surface area contributed by atoms with E-state index in [9.17, 15) is 9.59 Å². The molecular formula is C18H24N6O2. The summed E-state index contributed by atoms with van der Waals surface area (Å²) in [4.78, 5) is 35.8. The van der Waals surface area contributed by atoms with Gasteiger partial charge in [0, 0.05) is 51.8 Å². The first kappa shape index (κ1) is 17.0. The van der Waals surface area contributed by atoms with Crippen molar-refractivity contribution in [2.45, 2.75) is 37.8 Å². The summed E-state index contributed by atoms with van der Waals surface area (Å²) in [5.74, 6) is 0.795. The summed E-state index contributed by atoms with van der Waals surface area (Å²) >= 11 is 0. The van der Waals surface area contributed by atoms with Gasteiger partial charge in [0.15, 0.2) is 5.65 Å². The van der Waals surface area contributed by atoms with Crippen LogP contribution >= 0.6 is 0 Å². The Labute approximate surface area is 152 Å². The second-order valence-electron chi connectivity index (χ2n) is 7.02. The van der Waals surface area contributed by atoms with Crippen LogP contribution in [-0.4, -0.2) is 63.0 Å². The quantitative estimate of drug-likeness (QED) is 0.786. The van der Waals surface area contributed by atoms with E-state index in [4.69, 9.17) is 0 Å². The van der Waals surface area contributed by atoms with Crippen LogP contribution in [0, 0.1) is 0 Å². The van der Waals surface area contributed by atoms with E-state index in [1.54, 1.807) is 11.1 Å². The van der Waals surface area contributed by atoms with Crippen molar-refractivity contribution in [3.05, 3.63) is 24.2 Å². The van der Waals surface area contributed by atoms with Crippen LogP contribution in [0.5, 0.6) is 0 Å². The van der Waals surface area contributed by atoms with Gasteiger partial charge in [-0.2, -0.15) is 0 Å². The summed E-state index contributed by atoms with van der Waals surface area (Å²) in [5.41, 5.74) is 1.65. The van der Waals surface area contributed by atoms with E-state index in [0.717, 1.165) is 36.4 Å². The van der Waals surface area contributed by atoms with E-state index in [-0.39, 0.29) is 11.8 Å². The van der Waals surface area contributed by atoms with Crippen LogP contribution in [0.2, 0.25) is 0 Å². The molecule has 2 aromatic heterocycles.